The summed E-state index contributed by atoms with van der Waals surface area (Å²) in [6.07, 6.45) is 8.02. The first-order chi connectivity index (χ1) is 20.5. The molecule has 0 radical (unpaired) electrons. The summed E-state index contributed by atoms with van der Waals surface area (Å²) < 4.78 is 13.5. The summed E-state index contributed by atoms with van der Waals surface area (Å²) >= 11 is 6.40. The first kappa shape index (κ1) is 26.8. The molecule has 1 saturated carbocycles. The van der Waals surface area contributed by atoms with Crippen LogP contribution in [-0.2, 0) is 11.3 Å². The van der Waals surface area contributed by atoms with Crippen LogP contribution in [0.1, 0.15) is 44.2 Å². The molecule has 0 unspecified atom stereocenters. The van der Waals surface area contributed by atoms with Gasteiger partial charge in [0.25, 0.3) is 5.89 Å². The summed E-state index contributed by atoms with van der Waals surface area (Å²) in [6, 6.07) is 12.2. The second-order valence-electron chi connectivity index (χ2n) is 11.2. The zero-order valence-electron chi connectivity index (χ0n) is 23.2. The summed E-state index contributed by atoms with van der Waals surface area (Å²) in [5.74, 6) is 1.50. The number of aromatic nitrogens is 7. The molecule has 0 bridgehead atoms. The average Bonchev–Trinajstić information content (AvgIpc) is 3.62. The molecule has 5 aromatic rings. The molecule has 11 nitrogen and oxygen atoms in total. The highest BCUT2D eigenvalue weighted by atomic mass is 35.5. The van der Waals surface area contributed by atoms with E-state index in [1.54, 1.807) is 12.4 Å². The van der Waals surface area contributed by atoms with E-state index in [2.05, 4.69) is 43.7 Å². The van der Waals surface area contributed by atoms with Gasteiger partial charge in [0.05, 0.1) is 24.3 Å². The molecule has 0 spiro atoms. The largest absolute Gasteiger partial charge is 0.434 e. The highest BCUT2D eigenvalue weighted by Crippen LogP contribution is 2.38. The van der Waals surface area contributed by atoms with Crippen LogP contribution in [0.4, 0.5) is 5.95 Å². The van der Waals surface area contributed by atoms with Crippen molar-refractivity contribution in [3.05, 3.63) is 69.9 Å². The lowest BCUT2D eigenvalue weighted by Crippen LogP contribution is -2.41. The molecule has 1 atom stereocenters. The highest BCUT2D eigenvalue weighted by molar-refractivity contribution is 6.30. The van der Waals surface area contributed by atoms with Gasteiger partial charge < -0.3 is 18.6 Å². The van der Waals surface area contributed by atoms with Crippen molar-refractivity contribution in [1.29, 1.82) is 0 Å². The molecule has 1 aliphatic carbocycles. The number of halogens is 1. The lowest BCUT2D eigenvalue weighted by Gasteiger charge is -2.37. The summed E-state index contributed by atoms with van der Waals surface area (Å²) in [5, 5.41) is 6.77. The van der Waals surface area contributed by atoms with Crippen molar-refractivity contribution in [1.82, 2.24) is 34.7 Å². The van der Waals surface area contributed by atoms with Crippen molar-refractivity contribution in [3.63, 3.8) is 0 Å². The highest BCUT2D eigenvalue weighted by Gasteiger charge is 2.32. The van der Waals surface area contributed by atoms with Gasteiger partial charge in [-0.25, -0.2) is 19.9 Å². The molecule has 2 fully saturated rings. The Bertz CT molecular complexity index is 1760. The molecule has 42 heavy (non-hydrogen) atoms. The Balaban J connectivity index is 1.45. The second-order valence-corrected chi connectivity index (χ2v) is 11.7. The van der Waals surface area contributed by atoms with E-state index in [0.29, 0.717) is 47.6 Å². The molecule has 1 aromatic carbocycles. The summed E-state index contributed by atoms with van der Waals surface area (Å²) in [7, 11) is 0. The minimum atomic E-state index is -0.684. The number of hydrogen-bond acceptors (Lipinski definition) is 9. The SMILES string of the molecule is CC1CCC(Cn2c(N3CCOC[C@H]3c3ccccc3)nc3nc(-c4n[nH]c(=O)o4)nc(-c4cncc(Cl)c4)c32)CC1. The fourth-order valence-corrected chi connectivity index (χ4v) is 6.32. The van der Waals surface area contributed by atoms with Crippen LogP contribution < -0.4 is 10.7 Å². The van der Waals surface area contributed by atoms with Gasteiger partial charge in [0.1, 0.15) is 11.2 Å². The van der Waals surface area contributed by atoms with Gasteiger partial charge in [0.15, 0.2) is 5.65 Å². The van der Waals surface area contributed by atoms with Crippen LogP contribution in [0, 0.1) is 11.8 Å². The van der Waals surface area contributed by atoms with Crippen LogP contribution >= 0.6 is 11.6 Å². The number of hydrogen-bond donors (Lipinski definition) is 1. The Labute approximate surface area is 246 Å². The maximum Gasteiger partial charge on any atom is 0.434 e. The Hall–Kier alpha value is -4.09. The molecular weight excluding hydrogens is 556 g/mol. The van der Waals surface area contributed by atoms with E-state index in [1.807, 2.05) is 24.3 Å². The van der Waals surface area contributed by atoms with Crippen LogP contribution in [0.15, 0.2) is 58.0 Å². The number of fused-ring (bicyclic) bond motifs is 1. The van der Waals surface area contributed by atoms with Crippen LogP contribution in [-0.4, -0.2) is 54.5 Å². The Morgan fingerprint density at radius 3 is 2.67 bits per heavy atom. The Kier molecular flexibility index (Phi) is 7.20. The number of H-pyrrole nitrogens is 1. The number of aromatic amines is 1. The number of ether oxygens (including phenoxy) is 1. The predicted molar refractivity (Wildman–Crippen MR) is 158 cm³/mol. The minimum Gasteiger partial charge on any atom is -0.384 e. The predicted octanol–water partition coefficient (Wildman–Crippen LogP) is 5.29. The molecule has 0 amide bonds. The van der Waals surface area contributed by atoms with Crippen molar-refractivity contribution in [2.24, 2.45) is 11.8 Å². The third kappa shape index (κ3) is 5.18. The second kappa shape index (κ2) is 11.3. The van der Waals surface area contributed by atoms with Gasteiger partial charge in [-0.2, -0.15) is 4.98 Å². The normalized spacial score (nSPS) is 21.2. The number of pyridine rings is 1. The van der Waals surface area contributed by atoms with E-state index in [1.165, 1.54) is 12.8 Å². The fourth-order valence-electron chi connectivity index (χ4n) is 6.14. The van der Waals surface area contributed by atoms with E-state index in [9.17, 15) is 4.79 Å². The van der Waals surface area contributed by atoms with E-state index < -0.39 is 5.76 Å². The first-order valence-corrected chi connectivity index (χ1v) is 14.8. The average molecular weight is 587 g/mol. The molecule has 5 heterocycles. The standard InChI is InChI=1S/C30H31ClN8O3/c1-18-7-9-19(10-8-18)16-39-25-24(21-13-22(31)15-32-14-21)33-27(28-36-37-30(40)42-28)34-26(25)35-29(39)38-11-12-41-17-23(38)20-5-3-2-4-6-20/h2-6,13-15,18-19,23H,7-12,16-17H2,1H3,(H,37,40)/t18?,19?,23-/m0/s1. The molecular formula is C30H31ClN8O3. The third-order valence-corrected chi connectivity index (χ3v) is 8.54. The van der Waals surface area contributed by atoms with Gasteiger partial charge in [-0.1, -0.05) is 61.7 Å². The zero-order valence-corrected chi connectivity index (χ0v) is 24.0. The zero-order chi connectivity index (χ0) is 28.6. The molecule has 2 aliphatic rings. The smallest absolute Gasteiger partial charge is 0.384 e. The van der Waals surface area contributed by atoms with E-state index in [4.69, 9.17) is 35.7 Å². The molecule has 12 heteroatoms. The molecule has 7 rings (SSSR count). The maximum atomic E-state index is 11.8. The number of benzene rings is 1. The van der Waals surface area contributed by atoms with Crippen molar-refractivity contribution >= 4 is 28.7 Å². The molecule has 1 N–H and O–H groups in total. The van der Waals surface area contributed by atoms with Crippen LogP contribution in [0.25, 0.3) is 34.1 Å². The molecule has 216 valence electrons. The molecule has 1 aliphatic heterocycles. The van der Waals surface area contributed by atoms with Crippen molar-refractivity contribution in [3.8, 4) is 23.0 Å². The number of morpholine rings is 1. The van der Waals surface area contributed by atoms with Crippen molar-refractivity contribution in [2.75, 3.05) is 24.7 Å². The number of nitrogens with one attached hydrogen (secondary N) is 1. The lowest BCUT2D eigenvalue weighted by atomic mass is 9.83. The quantitative estimate of drug-likeness (QED) is 0.282. The number of anilines is 1. The van der Waals surface area contributed by atoms with Crippen molar-refractivity contribution in [2.45, 2.75) is 45.2 Å². The van der Waals surface area contributed by atoms with Crippen LogP contribution in [0.2, 0.25) is 5.02 Å². The monoisotopic (exact) mass is 586 g/mol. The van der Waals surface area contributed by atoms with Gasteiger partial charge in [-0.15, -0.1) is 5.10 Å². The Morgan fingerprint density at radius 1 is 1.07 bits per heavy atom. The van der Waals surface area contributed by atoms with Crippen molar-refractivity contribution < 1.29 is 9.15 Å². The fraction of sp³-hybridized carbons (Fsp3) is 0.400. The first-order valence-electron chi connectivity index (χ1n) is 14.4. The lowest BCUT2D eigenvalue weighted by molar-refractivity contribution is 0.0927. The number of nitrogens with zero attached hydrogens (tertiary/aromatic N) is 7. The topological polar surface area (TPSA) is 128 Å². The van der Waals surface area contributed by atoms with Gasteiger partial charge in [0.2, 0.25) is 11.8 Å². The molecule has 4 aromatic heterocycles. The van der Waals surface area contributed by atoms with Gasteiger partial charge in [-0.05, 0) is 36.3 Å². The Morgan fingerprint density at radius 2 is 1.90 bits per heavy atom. The number of imidazole rings is 1. The van der Waals surface area contributed by atoms with E-state index in [-0.39, 0.29) is 17.8 Å². The van der Waals surface area contributed by atoms with Gasteiger partial charge >= 0.3 is 5.76 Å². The summed E-state index contributed by atoms with van der Waals surface area (Å²) in [4.78, 5) is 33.3. The summed E-state index contributed by atoms with van der Waals surface area (Å²) in [5.41, 5.74) is 3.74. The molecule has 1 saturated heterocycles. The van der Waals surface area contributed by atoms with Crippen LogP contribution in [0.5, 0.6) is 0 Å². The van der Waals surface area contributed by atoms with Gasteiger partial charge in [0, 0.05) is 31.0 Å². The van der Waals surface area contributed by atoms with Gasteiger partial charge in [-0.3, -0.25) is 4.98 Å². The summed E-state index contributed by atoms with van der Waals surface area (Å²) in [6.45, 7) is 4.92. The minimum absolute atomic E-state index is 0.0101. The van der Waals surface area contributed by atoms with Crippen LogP contribution in [0.3, 0.4) is 0 Å². The van der Waals surface area contributed by atoms with E-state index >= 15 is 0 Å². The number of rotatable bonds is 6. The van der Waals surface area contributed by atoms with E-state index in [0.717, 1.165) is 42.3 Å². The maximum absolute atomic E-state index is 11.8. The third-order valence-electron chi connectivity index (χ3n) is 8.34.